The molecule has 2 aromatic carbocycles. The van der Waals surface area contributed by atoms with Gasteiger partial charge >= 0.3 is 0 Å². The summed E-state index contributed by atoms with van der Waals surface area (Å²) in [7, 11) is 0. The molecule has 0 radical (unpaired) electrons. The number of ether oxygens (including phenoxy) is 2. The number of anilines is 1. The number of amides is 1. The Hall–Kier alpha value is -2.59. The van der Waals surface area contributed by atoms with Gasteiger partial charge in [-0.05, 0) is 48.7 Å². The Labute approximate surface area is 142 Å². The van der Waals surface area contributed by atoms with Crippen LogP contribution in [0.5, 0.6) is 5.75 Å². The first-order valence-electron chi connectivity index (χ1n) is 8.18. The first-order chi connectivity index (χ1) is 11.8. The molecule has 1 unspecified atom stereocenters. The van der Waals surface area contributed by atoms with Crippen LogP contribution in [-0.2, 0) is 9.53 Å². The van der Waals surface area contributed by atoms with E-state index in [1.807, 2.05) is 54.6 Å². The molecule has 1 aliphatic heterocycles. The molecule has 0 aromatic heterocycles. The fourth-order valence-electron chi connectivity index (χ4n) is 2.52. The fraction of sp³-hybridized carbons (Fsp3) is 0.250. The van der Waals surface area contributed by atoms with Crippen LogP contribution in [-0.4, -0.2) is 25.2 Å². The van der Waals surface area contributed by atoms with Crippen molar-refractivity contribution in [2.75, 3.05) is 18.5 Å². The van der Waals surface area contributed by atoms with Crippen LogP contribution in [0.3, 0.4) is 0 Å². The summed E-state index contributed by atoms with van der Waals surface area (Å²) in [6.45, 7) is 1.40. The Morgan fingerprint density at radius 1 is 1.17 bits per heavy atom. The van der Waals surface area contributed by atoms with E-state index in [1.54, 1.807) is 6.08 Å². The van der Waals surface area contributed by atoms with Gasteiger partial charge in [-0.3, -0.25) is 4.79 Å². The Balaban J connectivity index is 1.48. The second-order valence-corrected chi connectivity index (χ2v) is 5.70. The molecule has 124 valence electrons. The minimum Gasteiger partial charge on any atom is -0.491 e. The van der Waals surface area contributed by atoms with Crippen molar-refractivity contribution in [3.8, 4) is 5.75 Å². The third-order valence-electron chi connectivity index (χ3n) is 3.81. The molecule has 1 N–H and O–H groups in total. The monoisotopic (exact) mass is 323 g/mol. The molecule has 0 spiro atoms. The van der Waals surface area contributed by atoms with E-state index in [2.05, 4.69) is 5.32 Å². The van der Waals surface area contributed by atoms with Crippen LogP contribution in [0.2, 0.25) is 0 Å². The van der Waals surface area contributed by atoms with E-state index >= 15 is 0 Å². The lowest BCUT2D eigenvalue weighted by atomic mass is 10.2. The summed E-state index contributed by atoms with van der Waals surface area (Å²) in [5.74, 6) is 0.621. The quantitative estimate of drug-likeness (QED) is 0.820. The van der Waals surface area contributed by atoms with E-state index in [4.69, 9.17) is 9.47 Å². The van der Waals surface area contributed by atoms with Crippen molar-refractivity contribution in [2.24, 2.45) is 0 Å². The van der Waals surface area contributed by atoms with E-state index in [0.717, 1.165) is 36.4 Å². The Morgan fingerprint density at radius 2 is 1.96 bits per heavy atom. The molecule has 1 fully saturated rings. The van der Waals surface area contributed by atoms with Gasteiger partial charge in [0.05, 0.1) is 6.10 Å². The van der Waals surface area contributed by atoms with Crippen LogP contribution >= 0.6 is 0 Å². The third-order valence-corrected chi connectivity index (χ3v) is 3.81. The number of nitrogens with one attached hydrogen (secondary N) is 1. The minimum atomic E-state index is -0.160. The number of hydrogen-bond donors (Lipinski definition) is 1. The molecule has 4 heteroatoms. The summed E-state index contributed by atoms with van der Waals surface area (Å²) in [6, 6.07) is 17.1. The molecule has 0 bridgehead atoms. The van der Waals surface area contributed by atoms with Crippen molar-refractivity contribution in [1.82, 2.24) is 0 Å². The van der Waals surface area contributed by atoms with Crippen molar-refractivity contribution in [2.45, 2.75) is 18.9 Å². The molecular formula is C20H21NO3. The van der Waals surface area contributed by atoms with Gasteiger partial charge in [0.2, 0.25) is 5.91 Å². The number of hydrogen-bond acceptors (Lipinski definition) is 3. The lowest BCUT2D eigenvalue weighted by Gasteiger charge is -2.11. The van der Waals surface area contributed by atoms with Crippen LogP contribution in [0.25, 0.3) is 6.08 Å². The Kier molecular flexibility index (Phi) is 5.64. The maximum absolute atomic E-state index is 11.9. The van der Waals surface area contributed by atoms with Crippen molar-refractivity contribution in [3.63, 3.8) is 0 Å². The lowest BCUT2D eigenvalue weighted by molar-refractivity contribution is -0.111. The van der Waals surface area contributed by atoms with Gasteiger partial charge < -0.3 is 14.8 Å². The fourth-order valence-corrected chi connectivity index (χ4v) is 2.52. The summed E-state index contributed by atoms with van der Waals surface area (Å²) < 4.78 is 11.2. The first kappa shape index (κ1) is 16.3. The smallest absolute Gasteiger partial charge is 0.248 e. The standard InChI is InChI=1S/C20H21NO3/c22-20(13-8-16-5-2-1-3-6-16)21-17-9-11-18(12-10-17)24-15-19-7-4-14-23-19/h1-3,5-6,8-13,19H,4,7,14-15H2,(H,21,22). The van der Waals surface area contributed by atoms with Crippen LogP contribution in [0.15, 0.2) is 60.7 Å². The molecular weight excluding hydrogens is 302 g/mol. The van der Waals surface area contributed by atoms with Gasteiger partial charge in [0.25, 0.3) is 0 Å². The summed E-state index contributed by atoms with van der Waals surface area (Å²) in [4.78, 5) is 11.9. The average molecular weight is 323 g/mol. The second-order valence-electron chi connectivity index (χ2n) is 5.70. The van der Waals surface area contributed by atoms with Crippen molar-refractivity contribution in [3.05, 3.63) is 66.2 Å². The zero-order valence-corrected chi connectivity index (χ0v) is 13.5. The molecule has 0 aliphatic carbocycles. The van der Waals surface area contributed by atoms with Gasteiger partial charge in [0, 0.05) is 18.4 Å². The van der Waals surface area contributed by atoms with Crippen LogP contribution < -0.4 is 10.1 Å². The summed E-state index contributed by atoms with van der Waals surface area (Å²) in [5.41, 5.74) is 1.73. The SMILES string of the molecule is O=C(C=Cc1ccccc1)Nc1ccc(OCC2CCCO2)cc1. The highest BCUT2D eigenvalue weighted by molar-refractivity contribution is 6.01. The van der Waals surface area contributed by atoms with Crippen molar-refractivity contribution < 1.29 is 14.3 Å². The zero-order chi connectivity index (χ0) is 16.6. The van der Waals surface area contributed by atoms with Gasteiger partial charge in [-0.15, -0.1) is 0 Å². The average Bonchev–Trinajstić information content (AvgIpc) is 3.14. The summed E-state index contributed by atoms with van der Waals surface area (Å²) in [5, 5.41) is 2.83. The molecule has 3 rings (SSSR count). The third kappa shape index (κ3) is 4.96. The maximum atomic E-state index is 11.9. The minimum absolute atomic E-state index is 0.160. The summed E-state index contributed by atoms with van der Waals surface area (Å²) >= 11 is 0. The molecule has 4 nitrogen and oxygen atoms in total. The van der Waals surface area contributed by atoms with Gasteiger partial charge in [-0.2, -0.15) is 0 Å². The Morgan fingerprint density at radius 3 is 2.67 bits per heavy atom. The van der Waals surface area contributed by atoms with Crippen LogP contribution in [0.4, 0.5) is 5.69 Å². The van der Waals surface area contributed by atoms with E-state index in [9.17, 15) is 4.79 Å². The normalized spacial score (nSPS) is 17.1. The van der Waals surface area contributed by atoms with Crippen LogP contribution in [0.1, 0.15) is 18.4 Å². The molecule has 1 heterocycles. The van der Waals surface area contributed by atoms with Crippen LogP contribution in [0, 0.1) is 0 Å². The first-order valence-corrected chi connectivity index (χ1v) is 8.18. The van der Waals surface area contributed by atoms with Crippen molar-refractivity contribution in [1.29, 1.82) is 0 Å². The molecule has 2 aromatic rings. The lowest BCUT2D eigenvalue weighted by Crippen LogP contribution is -2.16. The largest absolute Gasteiger partial charge is 0.491 e. The van der Waals surface area contributed by atoms with E-state index in [-0.39, 0.29) is 12.0 Å². The molecule has 1 saturated heterocycles. The molecule has 0 saturated carbocycles. The zero-order valence-electron chi connectivity index (χ0n) is 13.5. The van der Waals surface area contributed by atoms with Gasteiger partial charge in [0.15, 0.2) is 0 Å². The van der Waals surface area contributed by atoms with Gasteiger partial charge in [-0.25, -0.2) is 0 Å². The number of rotatable bonds is 6. The highest BCUT2D eigenvalue weighted by atomic mass is 16.5. The molecule has 1 aliphatic rings. The second kappa shape index (κ2) is 8.31. The van der Waals surface area contributed by atoms with Gasteiger partial charge in [-0.1, -0.05) is 30.3 Å². The number of benzene rings is 2. The number of carbonyl (C=O) groups excluding carboxylic acids is 1. The Bertz CT molecular complexity index is 674. The predicted molar refractivity (Wildman–Crippen MR) is 95.0 cm³/mol. The molecule has 24 heavy (non-hydrogen) atoms. The maximum Gasteiger partial charge on any atom is 0.248 e. The molecule has 1 amide bonds. The highest BCUT2D eigenvalue weighted by Crippen LogP contribution is 2.18. The number of carbonyl (C=O) groups is 1. The highest BCUT2D eigenvalue weighted by Gasteiger charge is 2.15. The van der Waals surface area contributed by atoms with E-state index in [1.165, 1.54) is 6.08 Å². The van der Waals surface area contributed by atoms with E-state index in [0.29, 0.717) is 6.61 Å². The van der Waals surface area contributed by atoms with E-state index < -0.39 is 0 Å². The topological polar surface area (TPSA) is 47.6 Å². The summed E-state index contributed by atoms with van der Waals surface area (Å²) in [6.07, 6.45) is 5.68. The van der Waals surface area contributed by atoms with Crippen molar-refractivity contribution >= 4 is 17.7 Å². The van der Waals surface area contributed by atoms with Gasteiger partial charge in [0.1, 0.15) is 12.4 Å². The predicted octanol–water partition coefficient (Wildman–Crippen LogP) is 3.90. The molecule has 1 atom stereocenters.